The van der Waals surface area contributed by atoms with Crippen molar-refractivity contribution >= 4 is 44.1 Å². The Kier molecular flexibility index (Phi) is 6.15. The quantitative estimate of drug-likeness (QED) is 0.140. The number of carbonyl (C=O) groups is 2. The second-order valence-electron chi connectivity index (χ2n) is 9.40. The number of aliphatic hydroxyl groups excluding tert-OH is 1. The van der Waals surface area contributed by atoms with Crippen molar-refractivity contribution in [2.75, 3.05) is 11.5 Å². The fourth-order valence-corrected chi connectivity index (χ4v) is 5.98. The maximum atomic E-state index is 13.9. The summed E-state index contributed by atoms with van der Waals surface area (Å²) >= 11 is 1.10. The van der Waals surface area contributed by atoms with Crippen LogP contribution in [0.3, 0.4) is 0 Å². The smallest absolute Gasteiger partial charge is 0.301 e. The van der Waals surface area contributed by atoms with Gasteiger partial charge < -0.3 is 14.6 Å². The molecule has 2 atom stereocenters. The van der Waals surface area contributed by atoms with Gasteiger partial charge in [-0.1, -0.05) is 36.1 Å². The third-order valence-electron chi connectivity index (χ3n) is 6.72. The zero-order valence-electron chi connectivity index (χ0n) is 20.9. The highest BCUT2D eigenvalue weighted by Crippen LogP contribution is 2.45. The third-order valence-corrected chi connectivity index (χ3v) is 7.74. The summed E-state index contributed by atoms with van der Waals surface area (Å²) < 4.78 is 25.8. The van der Waals surface area contributed by atoms with Gasteiger partial charge in [0.25, 0.3) is 5.78 Å². The number of benzene rings is 3. The Balaban J connectivity index is 1.50. The molecule has 9 heteroatoms. The molecule has 1 amide bonds. The van der Waals surface area contributed by atoms with E-state index in [1.165, 1.54) is 23.1 Å². The Bertz CT molecular complexity index is 1680. The van der Waals surface area contributed by atoms with E-state index in [1.807, 2.05) is 6.92 Å². The number of hydrogen-bond acceptors (Lipinski definition) is 7. The van der Waals surface area contributed by atoms with Gasteiger partial charge in [0, 0.05) is 12.0 Å². The number of carbonyl (C=O) groups excluding carboxylic acids is 2. The molecule has 2 aliphatic heterocycles. The Hall–Kier alpha value is -4.50. The molecular weight excluding hydrogens is 519 g/mol. The van der Waals surface area contributed by atoms with Crippen LogP contribution in [0.25, 0.3) is 16.0 Å². The molecule has 6 rings (SSSR count). The van der Waals surface area contributed by atoms with Crippen molar-refractivity contribution in [1.29, 1.82) is 0 Å². The maximum Gasteiger partial charge on any atom is 0.301 e. The predicted molar refractivity (Wildman–Crippen MR) is 147 cm³/mol. The van der Waals surface area contributed by atoms with Gasteiger partial charge in [-0.3, -0.25) is 14.5 Å². The molecule has 1 saturated heterocycles. The number of hydrogen-bond donors (Lipinski definition) is 1. The number of fused-ring (bicyclic) bond motifs is 2. The molecule has 4 aromatic rings. The molecule has 0 spiro atoms. The molecule has 2 aliphatic rings. The van der Waals surface area contributed by atoms with Crippen molar-refractivity contribution in [1.82, 2.24) is 4.98 Å². The number of anilines is 1. The van der Waals surface area contributed by atoms with Gasteiger partial charge in [-0.25, -0.2) is 9.37 Å². The Labute approximate surface area is 227 Å². The van der Waals surface area contributed by atoms with Gasteiger partial charge in [0.2, 0.25) is 0 Å². The van der Waals surface area contributed by atoms with E-state index in [-0.39, 0.29) is 22.6 Å². The fourth-order valence-electron chi connectivity index (χ4n) is 4.96. The van der Waals surface area contributed by atoms with E-state index in [2.05, 4.69) is 11.6 Å². The SMILES string of the molecule is C=CCOc1ccc([C@H]2C(=C(O)c3ccc4c(c3)C[C@H](C)O4)C(=O)C(=O)N2c2nc3ccc(F)cc3s2)cc1. The molecule has 0 bridgehead atoms. The lowest BCUT2D eigenvalue weighted by molar-refractivity contribution is -0.132. The predicted octanol–water partition coefficient (Wildman–Crippen LogP) is 5.95. The van der Waals surface area contributed by atoms with Gasteiger partial charge in [0.05, 0.1) is 21.8 Å². The van der Waals surface area contributed by atoms with Crippen molar-refractivity contribution in [3.63, 3.8) is 0 Å². The maximum absolute atomic E-state index is 13.9. The normalized spacial score (nSPS) is 19.8. The number of ether oxygens (including phenoxy) is 2. The van der Waals surface area contributed by atoms with Gasteiger partial charge in [-0.15, -0.1) is 0 Å². The third kappa shape index (κ3) is 4.34. The van der Waals surface area contributed by atoms with Crippen LogP contribution in [-0.2, 0) is 16.0 Å². The lowest BCUT2D eigenvalue weighted by Crippen LogP contribution is -2.29. The highest BCUT2D eigenvalue weighted by Gasteiger charge is 2.48. The summed E-state index contributed by atoms with van der Waals surface area (Å²) in [5.74, 6) is -1.07. The highest BCUT2D eigenvalue weighted by molar-refractivity contribution is 7.22. The van der Waals surface area contributed by atoms with Crippen molar-refractivity contribution in [3.8, 4) is 11.5 Å². The number of Topliss-reactive ketones (excluding diaryl/α,β-unsaturated/α-hetero) is 1. The molecule has 0 saturated carbocycles. The van der Waals surface area contributed by atoms with E-state index in [0.717, 1.165) is 22.6 Å². The van der Waals surface area contributed by atoms with Crippen molar-refractivity contribution in [3.05, 3.63) is 101 Å². The first-order valence-corrected chi connectivity index (χ1v) is 13.2. The number of ketones is 1. The second-order valence-corrected chi connectivity index (χ2v) is 10.4. The molecular formula is C30H23FN2O5S. The van der Waals surface area contributed by atoms with Crippen LogP contribution in [0.2, 0.25) is 0 Å². The molecule has 1 N–H and O–H groups in total. The minimum atomic E-state index is -0.965. The van der Waals surface area contributed by atoms with Crippen LogP contribution in [0, 0.1) is 5.82 Å². The number of aromatic nitrogens is 1. The molecule has 3 aromatic carbocycles. The summed E-state index contributed by atoms with van der Waals surface area (Å²) in [5.41, 5.74) is 2.33. The van der Waals surface area contributed by atoms with Gasteiger partial charge in [0.15, 0.2) is 5.13 Å². The average Bonchev–Trinajstić information content (AvgIpc) is 3.59. The minimum absolute atomic E-state index is 0.00803. The molecule has 0 unspecified atom stereocenters. The first kappa shape index (κ1) is 24.8. The molecule has 7 nitrogen and oxygen atoms in total. The van der Waals surface area contributed by atoms with Gasteiger partial charge in [0.1, 0.15) is 35.8 Å². The zero-order valence-corrected chi connectivity index (χ0v) is 21.7. The minimum Gasteiger partial charge on any atom is -0.507 e. The largest absolute Gasteiger partial charge is 0.507 e. The van der Waals surface area contributed by atoms with Gasteiger partial charge in [-0.05, 0) is 66.6 Å². The van der Waals surface area contributed by atoms with E-state index in [9.17, 15) is 19.1 Å². The van der Waals surface area contributed by atoms with Crippen LogP contribution >= 0.6 is 11.3 Å². The van der Waals surface area contributed by atoms with Crippen LogP contribution in [0.15, 0.2) is 78.9 Å². The monoisotopic (exact) mass is 542 g/mol. The molecule has 3 heterocycles. The van der Waals surface area contributed by atoms with Gasteiger partial charge in [-0.2, -0.15) is 0 Å². The van der Waals surface area contributed by atoms with E-state index < -0.39 is 23.5 Å². The standard InChI is InChI=1S/C30H23FN2O5S/c1-3-12-37-21-8-4-17(5-9-21)26-25(27(34)18-6-11-23-19(14-18)13-16(2)38-23)28(35)29(36)33(26)30-32-22-10-7-20(31)15-24(22)39-30/h3-11,14-16,26,34H,1,12-13H2,2H3/t16-,26-/m0/s1. The Morgan fingerprint density at radius 3 is 2.77 bits per heavy atom. The summed E-state index contributed by atoms with van der Waals surface area (Å²) in [6.45, 7) is 5.92. The lowest BCUT2D eigenvalue weighted by atomic mass is 9.94. The summed E-state index contributed by atoms with van der Waals surface area (Å²) in [6.07, 6.45) is 2.30. The van der Waals surface area contributed by atoms with Gasteiger partial charge >= 0.3 is 5.91 Å². The Morgan fingerprint density at radius 1 is 1.21 bits per heavy atom. The van der Waals surface area contributed by atoms with E-state index in [4.69, 9.17) is 9.47 Å². The van der Waals surface area contributed by atoms with E-state index in [1.54, 1.807) is 48.5 Å². The summed E-state index contributed by atoms with van der Waals surface area (Å²) in [4.78, 5) is 32.8. The highest BCUT2D eigenvalue weighted by atomic mass is 32.1. The van der Waals surface area contributed by atoms with E-state index >= 15 is 0 Å². The Morgan fingerprint density at radius 2 is 2.00 bits per heavy atom. The van der Waals surface area contributed by atoms with Crippen LogP contribution in [0.4, 0.5) is 9.52 Å². The summed E-state index contributed by atoms with van der Waals surface area (Å²) in [7, 11) is 0. The number of thiazole rings is 1. The fraction of sp³-hybridized carbons (Fsp3) is 0.167. The average molecular weight is 543 g/mol. The summed E-state index contributed by atoms with van der Waals surface area (Å²) in [5, 5.41) is 11.7. The molecule has 0 radical (unpaired) electrons. The van der Waals surface area contributed by atoms with Crippen molar-refractivity contribution < 1.29 is 28.6 Å². The number of rotatable bonds is 6. The molecule has 39 heavy (non-hydrogen) atoms. The molecule has 0 aliphatic carbocycles. The van der Waals surface area contributed by atoms with Crippen LogP contribution in [0.5, 0.6) is 11.5 Å². The first-order chi connectivity index (χ1) is 18.8. The summed E-state index contributed by atoms with van der Waals surface area (Å²) in [6, 6.07) is 15.3. The number of aliphatic hydroxyl groups is 1. The lowest BCUT2D eigenvalue weighted by Gasteiger charge is -2.23. The van der Waals surface area contributed by atoms with Crippen LogP contribution in [0.1, 0.15) is 29.7 Å². The first-order valence-electron chi connectivity index (χ1n) is 12.3. The number of halogens is 1. The van der Waals surface area contributed by atoms with Crippen LogP contribution in [-0.4, -0.2) is 34.5 Å². The second kappa shape index (κ2) is 9.67. The number of nitrogens with zero attached hydrogens (tertiary/aromatic N) is 2. The number of amides is 1. The molecule has 1 aromatic heterocycles. The van der Waals surface area contributed by atoms with Crippen LogP contribution < -0.4 is 14.4 Å². The van der Waals surface area contributed by atoms with Crippen molar-refractivity contribution in [2.45, 2.75) is 25.5 Å². The van der Waals surface area contributed by atoms with Crippen molar-refractivity contribution in [2.24, 2.45) is 0 Å². The topological polar surface area (TPSA) is 89.0 Å². The molecule has 1 fully saturated rings. The van der Waals surface area contributed by atoms with E-state index in [0.29, 0.717) is 40.1 Å². The molecule has 196 valence electrons. The zero-order chi connectivity index (χ0) is 27.3.